The summed E-state index contributed by atoms with van der Waals surface area (Å²) in [6.07, 6.45) is 1.50. The van der Waals surface area contributed by atoms with Crippen molar-refractivity contribution in [2.24, 2.45) is 0 Å². The van der Waals surface area contributed by atoms with Crippen molar-refractivity contribution in [2.45, 2.75) is 0 Å². The third-order valence-corrected chi connectivity index (χ3v) is 4.97. The molecule has 8 heteroatoms. The second kappa shape index (κ2) is 6.26. The van der Waals surface area contributed by atoms with Crippen molar-refractivity contribution in [3.8, 4) is 11.3 Å². The minimum absolute atomic E-state index is 0.240. The molecule has 0 aliphatic heterocycles. The van der Waals surface area contributed by atoms with Gasteiger partial charge in [-0.15, -0.1) is 15.3 Å². The van der Waals surface area contributed by atoms with E-state index in [2.05, 4.69) is 20.6 Å². The monoisotopic (exact) mass is 372 g/mol. The number of amides is 1. The molecule has 0 aliphatic rings. The Hall–Kier alpha value is -3.65. The predicted octanol–water partition coefficient (Wildman–Crippen LogP) is 3.65. The van der Waals surface area contributed by atoms with Crippen molar-refractivity contribution in [1.29, 1.82) is 0 Å². The van der Waals surface area contributed by atoms with E-state index in [1.807, 2.05) is 60.7 Å². The number of rotatable bonds is 3. The minimum atomic E-state index is -0.240. The Labute approximate surface area is 157 Å². The van der Waals surface area contributed by atoms with Crippen LogP contribution in [0, 0.1) is 0 Å². The molecular weight excluding hydrogens is 360 g/mol. The summed E-state index contributed by atoms with van der Waals surface area (Å²) >= 11 is 1.26. The number of anilines is 1. The van der Waals surface area contributed by atoms with Crippen molar-refractivity contribution in [3.63, 3.8) is 0 Å². The van der Waals surface area contributed by atoms with E-state index in [4.69, 9.17) is 4.98 Å². The molecule has 0 spiro atoms. The number of fused-ring (bicyclic) bond motifs is 2. The summed E-state index contributed by atoms with van der Waals surface area (Å²) in [4.78, 5) is 18.3. The van der Waals surface area contributed by atoms with Crippen LogP contribution in [-0.4, -0.2) is 30.7 Å². The van der Waals surface area contributed by atoms with Crippen LogP contribution in [-0.2, 0) is 0 Å². The van der Waals surface area contributed by atoms with Crippen LogP contribution in [0.1, 0.15) is 10.4 Å². The van der Waals surface area contributed by atoms with Crippen LogP contribution < -0.4 is 5.32 Å². The lowest BCUT2D eigenvalue weighted by Gasteiger charge is -2.09. The summed E-state index contributed by atoms with van der Waals surface area (Å²) in [5, 5.41) is 16.1. The third-order valence-electron chi connectivity index (χ3n) is 4.14. The standard InChI is InChI=1S/C19H12N6OS/c26-17(22-18-24-25-11-20-23-19(25)27-18)14-10-16(12-6-2-1-3-7-12)21-15-9-5-4-8-13(14)15/h1-11H,(H,22,24,26). The molecule has 5 aromatic rings. The van der Waals surface area contributed by atoms with E-state index >= 15 is 0 Å². The van der Waals surface area contributed by atoms with Crippen LogP contribution in [0.5, 0.6) is 0 Å². The minimum Gasteiger partial charge on any atom is -0.296 e. The molecule has 0 fully saturated rings. The van der Waals surface area contributed by atoms with Crippen LogP contribution in [0.4, 0.5) is 5.13 Å². The first-order chi connectivity index (χ1) is 13.3. The maximum absolute atomic E-state index is 13.0. The van der Waals surface area contributed by atoms with Crippen molar-refractivity contribution in [3.05, 3.63) is 72.6 Å². The Morgan fingerprint density at radius 2 is 1.85 bits per heavy atom. The lowest BCUT2D eigenvalue weighted by Crippen LogP contribution is -2.13. The second-order valence-corrected chi connectivity index (χ2v) is 6.81. The molecular formula is C19H12N6OS. The largest absolute Gasteiger partial charge is 0.296 e. The van der Waals surface area contributed by atoms with Crippen molar-refractivity contribution < 1.29 is 4.79 Å². The number of pyridine rings is 1. The van der Waals surface area contributed by atoms with Gasteiger partial charge < -0.3 is 0 Å². The van der Waals surface area contributed by atoms with E-state index in [9.17, 15) is 4.79 Å². The van der Waals surface area contributed by atoms with Crippen molar-refractivity contribution in [2.75, 3.05) is 5.32 Å². The fraction of sp³-hybridized carbons (Fsp3) is 0. The molecule has 0 radical (unpaired) electrons. The number of carbonyl (C=O) groups excluding carboxylic acids is 1. The Morgan fingerprint density at radius 1 is 1.04 bits per heavy atom. The zero-order chi connectivity index (χ0) is 18.2. The van der Waals surface area contributed by atoms with Gasteiger partial charge in [-0.25, -0.2) is 4.98 Å². The number of carbonyl (C=O) groups is 1. The molecule has 5 rings (SSSR count). The lowest BCUT2D eigenvalue weighted by molar-refractivity contribution is 0.102. The quantitative estimate of drug-likeness (QED) is 0.522. The summed E-state index contributed by atoms with van der Waals surface area (Å²) in [6, 6.07) is 19.2. The number of aromatic nitrogens is 5. The predicted molar refractivity (Wildman–Crippen MR) is 104 cm³/mol. The maximum Gasteiger partial charge on any atom is 0.258 e. The Morgan fingerprint density at radius 3 is 2.70 bits per heavy atom. The van der Waals surface area contributed by atoms with Gasteiger partial charge in [0.2, 0.25) is 10.1 Å². The van der Waals surface area contributed by atoms with E-state index < -0.39 is 0 Å². The lowest BCUT2D eigenvalue weighted by atomic mass is 10.0. The van der Waals surface area contributed by atoms with Gasteiger partial charge in [-0.3, -0.25) is 10.1 Å². The molecule has 7 nitrogen and oxygen atoms in total. The van der Waals surface area contributed by atoms with Crippen LogP contribution in [0.3, 0.4) is 0 Å². The molecule has 1 N–H and O–H groups in total. The van der Waals surface area contributed by atoms with Gasteiger partial charge in [-0.05, 0) is 12.1 Å². The summed E-state index contributed by atoms with van der Waals surface area (Å²) < 4.78 is 1.53. The normalized spacial score (nSPS) is 11.1. The second-order valence-electron chi connectivity index (χ2n) is 5.86. The Balaban J connectivity index is 1.60. The first kappa shape index (κ1) is 15.6. The number of nitrogens with one attached hydrogen (secondary N) is 1. The number of hydrogen-bond donors (Lipinski definition) is 1. The summed E-state index contributed by atoms with van der Waals surface area (Å²) in [6.45, 7) is 0. The number of hydrogen-bond acceptors (Lipinski definition) is 6. The number of para-hydroxylation sites is 1. The van der Waals surface area contributed by atoms with E-state index in [1.165, 1.54) is 22.2 Å². The van der Waals surface area contributed by atoms with Gasteiger partial charge in [0, 0.05) is 10.9 Å². The van der Waals surface area contributed by atoms with E-state index in [0.717, 1.165) is 22.2 Å². The third kappa shape index (κ3) is 2.81. The molecule has 130 valence electrons. The average molecular weight is 372 g/mol. The fourth-order valence-electron chi connectivity index (χ4n) is 2.89. The summed E-state index contributed by atoms with van der Waals surface area (Å²) in [5.74, 6) is -0.240. The molecule has 3 aromatic heterocycles. The van der Waals surface area contributed by atoms with Gasteiger partial charge in [-0.2, -0.15) is 4.52 Å². The van der Waals surface area contributed by atoms with E-state index in [1.54, 1.807) is 0 Å². The highest BCUT2D eigenvalue weighted by atomic mass is 32.1. The summed E-state index contributed by atoms with van der Waals surface area (Å²) in [7, 11) is 0. The highest BCUT2D eigenvalue weighted by Crippen LogP contribution is 2.26. The van der Waals surface area contributed by atoms with Crippen LogP contribution in [0.25, 0.3) is 27.1 Å². The molecule has 3 heterocycles. The topological polar surface area (TPSA) is 85.1 Å². The molecule has 0 atom stereocenters. The van der Waals surface area contributed by atoms with Gasteiger partial charge in [-0.1, -0.05) is 59.9 Å². The van der Waals surface area contributed by atoms with Gasteiger partial charge in [0.25, 0.3) is 5.91 Å². The van der Waals surface area contributed by atoms with Crippen LogP contribution in [0.2, 0.25) is 0 Å². The van der Waals surface area contributed by atoms with Gasteiger partial charge in [0.1, 0.15) is 6.33 Å². The molecule has 0 saturated carbocycles. The van der Waals surface area contributed by atoms with Gasteiger partial charge >= 0.3 is 0 Å². The molecule has 0 bridgehead atoms. The smallest absolute Gasteiger partial charge is 0.258 e. The van der Waals surface area contributed by atoms with E-state index in [0.29, 0.717) is 15.7 Å². The highest BCUT2D eigenvalue weighted by Gasteiger charge is 2.16. The zero-order valence-electron chi connectivity index (χ0n) is 13.9. The van der Waals surface area contributed by atoms with Crippen molar-refractivity contribution >= 4 is 38.2 Å². The first-order valence-corrected chi connectivity index (χ1v) is 9.03. The molecule has 0 saturated heterocycles. The Kier molecular flexibility index (Phi) is 3.61. The fourth-order valence-corrected chi connectivity index (χ4v) is 3.61. The zero-order valence-corrected chi connectivity index (χ0v) is 14.7. The van der Waals surface area contributed by atoms with Gasteiger partial charge in [0.15, 0.2) is 0 Å². The molecule has 0 unspecified atom stereocenters. The highest BCUT2D eigenvalue weighted by molar-refractivity contribution is 7.20. The molecule has 2 aromatic carbocycles. The van der Waals surface area contributed by atoms with Crippen molar-refractivity contribution in [1.82, 2.24) is 24.8 Å². The van der Waals surface area contributed by atoms with Gasteiger partial charge in [0.05, 0.1) is 16.8 Å². The number of nitrogens with zero attached hydrogens (tertiary/aromatic N) is 5. The van der Waals surface area contributed by atoms with Crippen LogP contribution >= 0.6 is 11.3 Å². The van der Waals surface area contributed by atoms with E-state index in [-0.39, 0.29) is 5.91 Å². The molecule has 27 heavy (non-hydrogen) atoms. The number of benzene rings is 2. The molecule has 1 amide bonds. The Bertz CT molecular complexity index is 1250. The SMILES string of the molecule is O=C(Nc1nn2cnnc2s1)c1cc(-c2ccccc2)nc2ccccc12. The van der Waals surface area contributed by atoms with Crippen LogP contribution in [0.15, 0.2) is 67.0 Å². The maximum atomic E-state index is 13.0. The summed E-state index contributed by atoms with van der Waals surface area (Å²) in [5.41, 5.74) is 3.02. The molecule has 0 aliphatic carbocycles. The first-order valence-electron chi connectivity index (χ1n) is 8.21. The average Bonchev–Trinajstić information content (AvgIpc) is 3.29.